The van der Waals surface area contributed by atoms with Crippen LogP contribution in [0.15, 0.2) is 71.6 Å². The fourth-order valence-corrected chi connectivity index (χ4v) is 4.17. The molecule has 3 nitrogen and oxygen atoms in total. The highest BCUT2D eigenvalue weighted by atomic mass is 32.2. The molecule has 5 heteroatoms. The second-order valence-electron chi connectivity index (χ2n) is 5.60. The average Bonchev–Trinajstić information content (AvgIpc) is 2.61. The van der Waals surface area contributed by atoms with E-state index in [2.05, 4.69) is 0 Å². The van der Waals surface area contributed by atoms with Crippen LogP contribution >= 0.6 is 0 Å². The predicted molar refractivity (Wildman–Crippen MR) is 92.5 cm³/mol. The Labute approximate surface area is 141 Å². The molecule has 0 amide bonds. The molecule has 3 aromatic rings. The minimum atomic E-state index is -1.45. The van der Waals surface area contributed by atoms with Crippen molar-refractivity contribution in [2.45, 2.75) is 11.4 Å². The molecule has 4 rings (SSSR count). The summed E-state index contributed by atoms with van der Waals surface area (Å²) in [5.74, 6) is -0.175. The zero-order valence-electron chi connectivity index (χ0n) is 12.6. The lowest BCUT2D eigenvalue weighted by Gasteiger charge is -2.31. The number of phenols is 1. The minimum absolute atomic E-state index is 0.127. The van der Waals surface area contributed by atoms with Gasteiger partial charge in [0.25, 0.3) is 0 Å². The summed E-state index contributed by atoms with van der Waals surface area (Å²) < 4.78 is 28.4. The van der Waals surface area contributed by atoms with Crippen molar-refractivity contribution in [1.29, 1.82) is 0 Å². The van der Waals surface area contributed by atoms with E-state index in [4.69, 9.17) is 0 Å². The molecule has 1 heterocycles. The maximum absolute atomic E-state index is 13.6. The maximum Gasteiger partial charge on any atom is 0.153 e. The molecule has 0 bridgehead atoms. The topological polar surface area (TPSA) is 40.5 Å². The van der Waals surface area contributed by atoms with Crippen molar-refractivity contribution < 1.29 is 13.7 Å². The van der Waals surface area contributed by atoms with Crippen molar-refractivity contribution in [2.75, 3.05) is 4.31 Å². The third-order valence-corrected chi connectivity index (χ3v) is 5.48. The molecule has 120 valence electrons. The van der Waals surface area contributed by atoms with Crippen LogP contribution in [0.4, 0.5) is 10.1 Å². The van der Waals surface area contributed by atoms with Crippen LogP contribution in [0.1, 0.15) is 5.56 Å². The van der Waals surface area contributed by atoms with Crippen LogP contribution in [0.3, 0.4) is 0 Å². The summed E-state index contributed by atoms with van der Waals surface area (Å²) in [4.78, 5) is 0.586. The Morgan fingerprint density at radius 2 is 1.71 bits per heavy atom. The number of anilines is 1. The second-order valence-corrected chi connectivity index (χ2v) is 7.01. The predicted octanol–water partition coefficient (Wildman–Crippen LogP) is 4.24. The molecule has 0 fully saturated rings. The van der Waals surface area contributed by atoms with E-state index in [1.807, 2.05) is 24.3 Å². The summed E-state index contributed by atoms with van der Waals surface area (Å²) in [6.07, 6.45) is 0. The van der Waals surface area contributed by atoms with Gasteiger partial charge in [-0.2, -0.15) is 0 Å². The number of nitrogens with zero attached hydrogens (tertiary/aromatic N) is 1. The Morgan fingerprint density at radius 1 is 0.958 bits per heavy atom. The number of phenolic OH excluding ortho intramolecular Hbond substituents is 1. The molecule has 1 N–H and O–H groups in total. The van der Waals surface area contributed by atoms with Gasteiger partial charge >= 0.3 is 0 Å². The summed E-state index contributed by atoms with van der Waals surface area (Å²) in [5.41, 5.74) is 3.56. The lowest BCUT2D eigenvalue weighted by atomic mass is 9.95. The van der Waals surface area contributed by atoms with Gasteiger partial charge in [-0.1, -0.05) is 24.3 Å². The van der Waals surface area contributed by atoms with E-state index in [0.29, 0.717) is 11.4 Å². The number of rotatable bonds is 2. The van der Waals surface area contributed by atoms with E-state index in [1.54, 1.807) is 22.5 Å². The second kappa shape index (κ2) is 5.76. The smallest absolute Gasteiger partial charge is 0.153 e. The highest BCUT2D eigenvalue weighted by molar-refractivity contribution is 7.86. The zero-order chi connectivity index (χ0) is 16.7. The number of benzene rings is 3. The number of para-hydroxylation sites is 1. The molecule has 1 unspecified atom stereocenters. The highest BCUT2D eigenvalue weighted by Gasteiger charge is 2.26. The van der Waals surface area contributed by atoms with Crippen molar-refractivity contribution in [3.8, 4) is 16.9 Å². The molecule has 0 spiro atoms. The molecular weight excluding hydrogens is 325 g/mol. The normalized spacial score (nSPS) is 14.0. The third kappa shape index (κ3) is 2.47. The lowest BCUT2D eigenvalue weighted by Crippen LogP contribution is -2.28. The van der Waals surface area contributed by atoms with Crippen molar-refractivity contribution in [1.82, 2.24) is 0 Å². The van der Waals surface area contributed by atoms with Gasteiger partial charge in [0.2, 0.25) is 0 Å². The van der Waals surface area contributed by atoms with Gasteiger partial charge in [-0.05, 0) is 53.6 Å². The lowest BCUT2D eigenvalue weighted by molar-refractivity contribution is 0.475. The Kier molecular flexibility index (Phi) is 3.58. The van der Waals surface area contributed by atoms with Crippen molar-refractivity contribution >= 4 is 16.7 Å². The van der Waals surface area contributed by atoms with E-state index in [9.17, 15) is 13.7 Å². The summed E-state index contributed by atoms with van der Waals surface area (Å²) in [6, 6.07) is 18.7. The number of halogens is 1. The Bertz CT molecular complexity index is 940. The summed E-state index contributed by atoms with van der Waals surface area (Å²) in [6.45, 7) is 0.359. The minimum Gasteiger partial charge on any atom is -0.508 e. The molecule has 0 radical (unpaired) electrons. The SMILES string of the molecule is O=S(c1ccc(O)cc1)N1Cc2cc(F)ccc2-c2ccccc21. The fraction of sp³-hybridized carbons (Fsp3) is 0.0526. The first-order valence-electron chi connectivity index (χ1n) is 7.50. The van der Waals surface area contributed by atoms with E-state index in [-0.39, 0.29) is 11.6 Å². The van der Waals surface area contributed by atoms with Gasteiger partial charge < -0.3 is 5.11 Å². The van der Waals surface area contributed by atoms with Gasteiger partial charge in [0, 0.05) is 5.56 Å². The molecule has 24 heavy (non-hydrogen) atoms. The molecule has 0 saturated carbocycles. The number of fused-ring (bicyclic) bond motifs is 3. The highest BCUT2D eigenvalue weighted by Crippen LogP contribution is 2.40. The first-order chi connectivity index (χ1) is 11.6. The van der Waals surface area contributed by atoms with Gasteiger partial charge in [0.15, 0.2) is 11.0 Å². The fourth-order valence-electron chi connectivity index (χ4n) is 2.95. The van der Waals surface area contributed by atoms with Crippen LogP contribution in [-0.2, 0) is 17.5 Å². The van der Waals surface area contributed by atoms with Gasteiger partial charge in [0.1, 0.15) is 11.6 Å². The zero-order valence-corrected chi connectivity index (χ0v) is 13.5. The first kappa shape index (κ1) is 14.9. The van der Waals surface area contributed by atoms with Gasteiger partial charge in [-0.15, -0.1) is 0 Å². The maximum atomic E-state index is 13.6. The Balaban J connectivity index is 1.83. The molecular formula is C19H14FNO2S. The van der Waals surface area contributed by atoms with Crippen molar-refractivity contribution in [3.63, 3.8) is 0 Å². The van der Waals surface area contributed by atoms with Gasteiger partial charge in [0.05, 0.1) is 17.1 Å². The standard InChI is InChI=1S/C19H14FNO2S/c20-14-5-10-17-13(11-14)12-21(19-4-2-1-3-18(17)19)24(23)16-8-6-15(22)7-9-16/h1-11,22H,12H2. The Morgan fingerprint density at radius 3 is 2.50 bits per heavy atom. The van der Waals surface area contributed by atoms with Crippen LogP contribution in [0, 0.1) is 5.82 Å². The molecule has 0 saturated heterocycles. The van der Waals surface area contributed by atoms with E-state index in [0.717, 1.165) is 22.4 Å². The van der Waals surface area contributed by atoms with Crippen molar-refractivity contribution in [2.24, 2.45) is 0 Å². The number of hydrogen-bond donors (Lipinski definition) is 1. The quantitative estimate of drug-likeness (QED) is 0.758. The van der Waals surface area contributed by atoms with E-state index in [1.165, 1.54) is 24.3 Å². The molecule has 1 aliphatic rings. The van der Waals surface area contributed by atoms with Crippen LogP contribution in [0.5, 0.6) is 5.75 Å². The summed E-state index contributed by atoms with van der Waals surface area (Å²) in [7, 11) is -1.45. The van der Waals surface area contributed by atoms with Crippen LogP contribution in [-0.4, -0.2) is 9.32 Å². The summed E-state index contributed by atoms with van der Waals surface area (Å²) >= 11 is 0. The largest absolute Gasteiger partial charge is 0.508 e. The first-order valence-corrected chi connectivity index (χ1v) is 8.60. The summed E-state index contributed by atoms with van der Waals surface area (Å²) in [5, 5.41) is 9.41. The van der Waals surface area contributed by atoms with Gasteiger partial charge in [-0.3, -0.25) is 4.31 Å². The van der Waals surface area contributed by atoms with Crippen LogP contribution in [0.2, 0.25) is 0 Å². The molecule has 0 aliphatic carbocycles. The van der Waals surface area contributed by atoms with Crippen LogP contribution < -0.4 is 4.31 Å². The molecule has 1 aliphatic heterocycles. The number of hydrogen-bond acceptors (Lipinski definition) is 2. The Hall–Kier alpha value is -2.66. The number of aromatic hydroxyl groups is 1. The molecule has 1 atom stereocenters. The molecule has 3 aromatic carbocycles. The molecule has 0 aromatic heterocycles. The monoisotopic (exact) mass is 339 g/mol. The third-order valence-electron chi connectivity index (χ3n) is 4.08. The van der Waals surface area contributed by atoms with E-state index >= 15 is 0 Å². The van der Waals surface area contributed by atoms with E-state index < -0.39 is 11.0 Å². The van der Waals surface area contributed by atoms with Crippen LogP contribution in [0.25, 0.3) is 11.1 Å². The van der Waals surface area contributed by atoms with Crippen molar-refractivity contribution in [3.05, 3.63) is 78.1 Å². The average molecular weight is 339 g/mol. The van der Waals surface area contributed by atoms with Gasteiger partial charge in [-0.25, -0.2) is 8.60 Å².